The molecule has 0 aliphatic rings. The fourth-order valence-corrected chi connectivity index (χ4v) is 3.41. The molecule has 0 unspecified atom stereocenters. The van der Waals surface area contributed by atoms with Crippen molar-refractivity contribution in [2.45, 2.75) is 105 Å². The Bertz CT molecular complexity index is 1140. The molecule has 0 bridgehead atoms. The molecule has 4 nitrogen and oxygen atoms in total. The van der Waals surface area contributed by atoms with Gasteiger partial charge in [0.2, 0.25) is 0 Å². The molecule has 4 rings (SSSR count). The minimum absolute atomic E-state index is 0.174. The standard InChI is InChI=1S/C10H14O.C10H14.C9H13N.C7H12N2/c1-10(2,3)8-4-6-9(11)7-5-8;1-10(2,3)9-7-5-4-6-8-9;1-9(2,3)8-4-6-10-7-5-8;1-7(2,3)9-5-4-8-6-9/h4-7,11H,1-3H3;4-8H,1-3H3;4-7H,1-3H3;4-6H,1-3H3. The molecule has 0 saturated carbocycles. The Morgan fingerprint density at radius 2 is 0.925 bits per heavy atom. The van der Waals surface area contributed by atoms with Crippen molar-refractivity contribution in [2.24, 2.45) is 0 Å². The van der Waals surface area contributed by atoms with Crippen molar-refractivity contribution < 1.29 is 5.11 Å². The number of benzene rings is 2. The number of nitrogens with zero attached hydrogens (tertiary/aromatic N) is 3. The maximum Gasteiger partial charge on any atom is 0.115 e. The zero-order chi connectivity index (χ0) is 30.6. The second kappa shape index (κ2) is 14.8. The van der Waals surface area contributed by atoms with Gasteiger partial charge in [0, 0.05) is 30.3 Å². The highest BCUT2D eigenvalue weighted by molar-refractivity contribution is 5.30. The van der Waals surface area contributed by atoms with E-state index in [0.29, 0.717) is 11.2 Å². The highest BCUT2D eigenvalue weighted by atomic mass is 16.3. The predicted octanol–water partition coefficient (Wildman–Crippen LogP) is 9.69. The van der Waals surface area contributed by atoms with Gasteiger partial charge in [0.15, 0.2) is 0 Å². The largest absolute Gasteiger partial charge is 0.508 e. The van der Waals surface area contributed by atoms with E-state index in [1.54, 1.807) is 18.3 Å². The summed E-state index contributed by atoms with van der Waals surface area (Å²) in [5.41, 5.74) is 4.88. The number of hydrogen-bond acceptors (Lipinski definition) is 3. The van der Waals surface area contributed by atoms with E-state index < -0.39 is 0 Å². The van der Waals surface area contributed by atoms with Gasteiger partial charge >= 0.3 is 0 Å². The van der Waals surface area contributed by atoms with E-state index in [0.717, 1.165) is 0 Å². The van der Waals surface area contributed by atoms with E-state index in [1.165, 1.54) is 16.7 Å². The summed E-state index contributed by atoms with van der Waals surface area (Å²) in [4.78, 5) is 7.91. The molecule has 0 fully saturated rings. The molecule has 2 heterocycles. The monoisotopic (exact) mass is 543 g/mol. The maximum atomic E-state index is 9.02. The molecular formula is C36H53N3O. The fraction of sp³-hybridized carbons (Fsp3) is 0.444. The van der Waals surface area contributed by atoms with Gasteiger partial charge in [-0.2, -0.15) is 0 Å². The number of aromatic nitrogens is 3. The Morgan fingerprint density at radius 1 is 0.500 bits per heavy atom. The molecule has 40 heavy (non-hydrogen) atoms. The topological polar surface area (TPSA) is 50.9 Å². The van der Waals surface area contributed by atoms with E-state index in [2.05, 4.69) is 140 Å². The van der Waals surface area contributed by atoms with E-state index in [-0.39, 0.29) is 16.4 Å². The number of aromatic hydroxyl groups is 1. The van der Waals surface area contributed by atoms with Gasteiger partial charge in [0.25, 0.3) is 0 Å². The van der Waals surface area contributed by atoms with Gasteiger partial charge in [-0.25, -0.2) is 4.98 Å². The SMILES string of the molecule is CC(C)(C)c1ccc(O)cc1.CC(C)(C)c1ccccc1.CC(C)(C)c1ccncc1.CC(C)(C)n1ccnc1. The van der Waals surface area contributed by atoms with Crippen molar-refractivity contribution in [2.75, 3.05) is 0 Å². The molecule has 2 aromatic heterocycles. The lowest BCUT2D eigenvalue weighted by atomic mass is 9.87. The van der Waals surface area contributed by atoms with Crippen LogP contribution in [-0.4, -0.2) is 19.6 Å². The molecule has 218 valence electrons. The summed E-state index contributed by atoms with van der Waals surface area (Å²) in [5, 5.41) is 9.02. The lowest BCUT2D eigenvalue weighted by Crippen LogP contribution is -2.19. The van der Waals surface area contributed by atoms with Gasteiger partial charge in [0.1, 0.15) is 5.75 Å². The summed E-state index contributed by atoms with van der Waals surface area (Å²) in [6.07, 6.45) is 9.27. The second-order valence-corrected chi connectivity index (χ2v) is 14.0. The summed E-state index contributed by atoms with van der Waals surface area (Å²) in [5.74, 6) is 0.331. The Balaban J connectivity index is 0.000000267. The first-order valence-corrected chi connectivity index (χ1v) is 14.1. The highest BCUT2D eigenvalue weighted by Gasteiger charge is 2.13. The number of phenolic OH excluding ortho intramolecular Hbond substituents is 1. The molecule has 0 aliphatic carbocycles. The second-order valence-electron chi connectivity index (χ2n) is 14.0. The minimum atomic E-state index is 0.174. The van der Waals surface area contributed by atoms with E-state index >= 15 is 0 Å². The van der Waals surface area contributed by atoms with Crippen LogP contribution in [0.5, 0.6) is 5.75 Å². The van der Waals surface area contributed by atoms with Crippen LogP contribution in [0.25, 0.3) is 0 Å². The van der Waals surface area contributed by atoms with Crippen molar-refractivity contribution in [3.05, 3.63) is 115 Å². The highest BCUT2D eigenvalue weighted by Crippen LogP contribution is 2.24. The first kappa shape index (κ1) is 34.6. The molecule has 0 radical (unpaired) electrons. The third-order valence-electron chi connectivity index (χ3n) is 6.20. The van der Waals surface area contributed by atoms with Crippen LogP contribution in [0.15, 0.2) is 97.8 Å². The van der Waals surface area contributed by atoms with Gasteiger partial charge in [-0.3, -0.25) is 4.98 Å². The fourth-order valence-electron chi connectivity index (χ4n) is 3.41. The number of rotatable bonds is 0. The number of hydrogen-bond donors (Lipinski definition) is 1. The van der Waals surface area contributed by atoms with Crippen LogP contribution in [0.1, 0.15) is 99.8 Å². The van der Waals surface area contributed by atoms with E-state index in [4.69, 9.17) is 5.11 Å². The molecular weight excluding hydrogens is 490 g/mol. The molecule has 1 N–H and O–H groups in total. The zero-order valence-electron chi connectivity index (χ0n) is 27.0. The van der Waals surface area contributed by atoms with Gasteiger partial charge in [-0.15, -0.1) is 0 Å². The van der Waals surface area contributed by atoms with E-state index in [1.807, 2.05) is 37.1 Å². The van der Waals surface area contributed by atoms with Crippen molar-refractivity contribution in [1.29, 1.82) is 0 Å². The molecule has 0 atom stereocenters. The molecule has 0 aliphatic heterocycles. The van der Waals surface area contributed by atoms with Crippen LogP contribution >= 0.6 is 0 Å². The Hall–Kier alpha value is -3.40. The first-order chi connectivity index (χ1) is 18.3. The normalized spacial score (nSPS) is 11.6. The molecule has 0 amide bonds. The molecule has 0 saturated heterocycles. The average molecular weight is 544 g/mol. The predicted molar refractivity (Wildman–Crippen MR) is 172 cm³/mol. The van der Waals surface area contributed by atoms with Crippen LogP contribution < -0.4 is 0 Å². The van der Waals surface area contributed by atoms with Crippen LogP contribution in [0.3, 0.4) is 0 Å². The third kappa shape index (κ3) is 13.6. The van der Waals surface area contributed by atoms with Crippen LogP contribution in [0.2, 0.25) is 0 Å². The lowest BCUT2D eigenvalue weighted by Gasteiger charge is -2.19. The van der Waals surface area contributed by atoms with Crippen LogP contribution in [0, 0.1) is 0 Å². The minimum Gasteiger partial charge on any atom is -0.508 e. The van der Waals surface area contributed by atoms with Crippen molar-refractivity contribution >= 4 is 0 Å². The number of phenols is 1. The van der Waals surface area contributed by atoms with Crippen molar-refractivity contribution in [3.63, 3.8) is 0 Å². The lowest BCUT2D eigenvalue weighted by molar-refractivity contribution is 0.396. The molecule has 0 spiro atoms. The van der Waals surface area contributed by atoms with Crippen LogP contribution in [0.4, 0.5) is 0 Å². The molecule has 4 aromatic rings. The summed E-state index contributed by atoms with van der Waals surface area (Å²) in [7, 11) is 0. The summed E-state index contributed by atoms with van der Waals surface area (Å²) in [6.45, 7) is 26.2. The quantitative estimate of drug-likeness (QED) is 0.240. The summed E-state index contributed by atoms with van der Waals surface area (Å²) >= 11 is 0. The van der Waals surface area contributed by atoms with Crippen molar-refractivity contribution in [1.82, 2.24) is 14.5 Å². The Labute approximate surface area is 244 Å². The zero-order valence-corrected chi connectivity index (χ0v) is 27.0. The van der Waals surface area contributed by atoms with E-state index in [9.17, 15) is 0 Å². The number of pyridine rings is 1. The Morgan fingerprint density at radius 3 is 1.23 bits per heavy atom. The maximum absolute atomic E-state index is 9.02. The molecule has 2 aromatic carbocycles. The van der Waals surface area contributed by atoms with Gasteiger partial charge < -0.3 is 9.67 Å². The summed E-state index contributed by atoms with van der Waals surface area (Å²) in [6, 6.07) is 22.0. The van der Waals surface area contributed by atoms with Crippen molar-refractivity contribution in [3.8, 4) is 5.75 Å². The third-order valence-corrected chi connectivity index (χ3v) is 6.20. The van der Waals surface area contributed by atoms with Gasteiger partial charge in [0.05, 0.1) is 6.33 Å². The van der Waals surface area contributed by atoms with Crippen LogP contribution in [-0.2, 0) is 21.8 Å². The average Bonchev–Trinajstić information content (AvgIpc) is 3.41. The number of imidazole rings is 1. The van der Waals surface area contributed by atoms with Gasteiger partial charge in [-0.05, 0) is 78.0 Å². The first-order valence-electron chi connectivity index (χ1n) is 14.1. The van der Waals surface area contributed by atoms with Gasteiger partial charge in [-0.1, -0.05) is 105 Å². The Kier molecular flexibility index (Phi) is 12.8. The summed E-state index contributed by atoms with van der Waals surface area (Å²) < 4.78 is 2.08. The molecule has 4 heteroatoms. The smallest absolute Gasteiger partial charge is 0.115 e.